The summed E-state index contributed by atoms with van der Waals surface area (Å²) in [5, 5.41) is 13.0. The molecule has 1 unspecified atom stereocenters. The fraction of sp³-hybridized carbons (Fsp3) is 0.500. The molecule has 0 aliphatic carbocycles. The molecule has 0 spiro atoms. The number of ether oxygens (including phenoxy) is 1. The van der Waals surface area contributed by atoms with E-state index in [-0.39, 0.29) is 18.0 Å². The Morgan fingerprint density at radius 2 is 1.91 bits per heavy atom. The van der Waals surface area contributed by atoms with E-state index in [9.17, 15) is 19.5 Å². The summed E-state index contributed by atoms with van der Waals surface area (Å²) in [7, 11) is -2.69. The highest BCUT2D eigenvalue weighted by atomic mass is 31.1. The van der Waals surface area contributed by atoms with Crippen molar-refractivity contribution in [3.8, 4) is 5.75 Å². The van der Waals surface area contributed by atoms with Crippen molar-refractivity contribution >= 4 is 19.8 Å². The molecule has 0 saturated heterocycles. The minimum atomic E-state index is -2.69. The van der Waals surface area contributed by atoms with Gasteiger partial charge in [-0.3, -0.25) is 19.5 Å². The van der Waals surface area contributed by atoms with E-state index in [1.807, 2.05) is 13.8 Å². The smallest absolute Gasteiger partial charge is 0.320 e. The van der Waals surface area contributed by atoms with Crippen LogP contribution in [0.3, 0.4) is 0 Å². The normalized spacial score (nSPS) is 12.0. The number of esters is 1. The van der Waals surface area contributed by atoms with Gasteiger partial charge in [-0.05, 0) is 18.1 Å². The van der Waals surface area contributed by atoms with Gasteiger partial charge in [0.2, 0.25) is 0 Å². The van der Waals surface area contributed by atoms with Gasteiger partial charge in [0, 0.05) is 12.1 Å². The topological polar surface area (TPSA) is 108 Å². The van der Waals surface area contributed by atoms with Crippen LogP contribution in [0.4, 0.5) is 5.69 Å². The van der Waals surface area contributed by atoms with E-state index in [0.717, 1.165) is 12.8 Å². The molecule has 0 amide bonds. The van der Waals surface area contributed by atoms with Gasteiger partial charge in [0.05, 0.1) is 11.5 Å². The van der Waals surface area contributed by atoms with Crippen molar-refractivity contribution in [3.63, 3.8) is 0 Å². The maximum absolute atomic E-state index is 11.7. The van der Waals surface area contributed by atoms with Crippen LogP contribution in [0.2, 0.25) is 0 Å². The van der Waals surface area contributed by atoms with Crippen molar-refractivity contribution in [2.24, 2.45) is 5.92 Å². The summed E-state index contributed by atoms with van der Waals surface area (Å²) in [5.74, 6) is 0.0484. The average molecular weight is 344 g/mol. The highest BCUT2D eigenvalue weighted by molar-refractivity contribution is 7.37. The van der Waals surface area contributed by atoms with Gasteiger partial charge in [-0.1, -0.05) is 26.7 Å². The van der Waals surface area contributed by atoms with E-state index in [2.05, 4.69) is 5.09 Å². The number of non-ortho nitro benzene ring substituents is 1. The molecular formula is C14H21N2O6P. The molecular weight excluding hydrogens is 323 g/mol. The lowest BCUT2D eigenvalue weighted by Crippen LogP contribution is -2.22. The van der Waals surface area contributed by atoms with Crippen LogP contribution in [0, 0.1) is 16.0 Å². The molecule has 0 bridgehead atoms. The number of hydrogen-bond donors (Lipinski definition) is 1. The number of carbonyl (C=O) groups is 1. The second-order valence-corrected chi connectivity index (χ2v) is 5.99. The molecule has 0 heterocycles. The molecule has 0 radical (unpaired) electrons. The Kier molecular flexibility index (Phi) is 8.29. The third kappa shape index (κ3) is 7.25. The number of nitro benzene ring substituents is 1. The minimum Gasteiger partial charge on any atom is -0.464 e. The Labute approximate surface area is 135 Å². The molecule has 1 atom stereocenters. The van der Waals surface area contributed by atoms with E-state index < -0.39 is 19.1 Å². The zero-order chi connectivity index (χ0) is 17.2. The molecule has 0 saturated carbocycles. The van der Waals surface area contributed by atoms with Crippen molar-refractivity contribution in [1.29, 1.82) is 0 Å². The summed E-state index contributed by atoms with van der Waals surface area (Å²) in [6, 6.07) is 5.17. The molecule has 1 rings (SSSR count). The van der Waals surface area contributed by atoms with Crippen molar-refractivity contribution < 1.29 is 23.5 Å². The summed E-state index contributed by atoms with van der Waals surface area (Å²) in [5.41, 5.74) is -0.0880. The Balaban J connectivity index is 2.33. The van der Waals surface area contributed by atoms with Crippen LogP contribution in [0.5, 0.6) is 5.75 Å². The Bertz CT molecular complexity index is 545. The quantitative estimate of drug-likeness (QED) is 0.301. The first-order valence-corrected chi connectivity index (χ1v) is 8.63. The summed E-state index contributed by atoms with van der Waals surface area (Å²) in [4.78, 5) is 21.5. The van der Waals surface area contributed by atoms with Crippen molar-refractivity contribution in [2.45, 2.75) is 26.7 Å². The lowest BCUT2D eigenvalue weighted by Gasteiger charge is -2.13. The van der Waals surface area contributed by atoms with E-state index in [1.54, 1.807) is 0 Å². The van der Waals surface area contributed by atoms with Crippen LogP contribution in [0.15, 0.2) is 24.3 Å². The van der Waals surface area contributed by atoms with Gasteiger partial charge in [0.25, 0.3) is 5.69 Å². The molecule has 128 valence electrons. The van der Waals surface area contributed by atoms with Crippen LogP contribution in [-0.4, -0.2) is 24.0 Å². The molecule has 9 heteroatoms. The average Bonchev–Trinajstić information content (AvgIpc) is 2.54. The summed E-state index contributed by atoms with van der Waals surface area (Å²) < 4.78 is 21.8. The fourth-order valence-corrected chi connectivity index (χ4v) is 2.42. The summed E-state index contributed by atoms with van der Waals surface area (Å²) in [6.07, 6.45) is 1.86. The molecule has 0 aromatic heterocycles. The highest BCUT2D eigenvalue weighted by Gasteiger charge is 2.11. The number of rotatable bonds is 10. The second kappa shape index (κ2) is 9.97. The van der Waals surface area contributed by atoms with Crippen LogP contribution >= 0.6 is 8.18 Å². The van der Waals surface area contributed by atoms with E-state index >= 15 is 0 Å². The van der Waals surface area contributed by atoms with Gasteiger partial charge in [-0.2, -0.15) is 0 Å². The number of carbonyl (C=O) groups excluding carboxylic acids is 1. The van der Waals surface area contributed by atoms with Crippen molar-refractivity contribution in [1.82, 2.24) is 5.09 Å². The van der Waals surface area contributed by atoms with Crippen LogP contribution in [0.1, 0.15) is 26.7 Å². The van der Waals surface area contributed by atoms with Gasteiger partial charge < -0.3 is 9.26 Å². The van der Waals surface area contributed by atoms with Crippen molar-refractivity contribution in [2.75, 3.05) is 13.2 Å². The monoisotopic (exact) mass is 344 g/mol. The predicted octanol–water partition coefficient (Wildman–Crippen LogP) is 2.93. The van der Waals surface area contributed by atoms with Gasteiger partial charge >= 0.3 is 14.1 Å². The maximum Gasteiger partial charge on any atom is 0.320 e. The lowest BCUT2D eigenvalue weighted by molar-refractivity contribution is -0.384. The van der Waals surface area contributed by atoms with Crippen molar-refractivity contribution in [3.05, 3.63) is 34.4 Å². The van der Waals surface area contributed by atoms with Crippen LogP contribution < -0.4 is 9.61 Å². The first-order chi connectivity index (χ1) is 11.0. The molecule has 0 fully saturated rings. The number of nitrogens with zero attached hydrogens (tertiary/aromatic N) is 1. The van der Waals surface area contributed by atoms with E-state index in [0.29, 0.717) is 12.5 Å². The van der Waals surface area contributed by atoms with E-state index in [1.165, 1.54) is 24.3 Å². The number of benzene rings is 1. The number of nitrogens with one attached hydrogen (secondary N) is 1. The SMILES string of the molecule is CCC(CC)COC(=O)CN[PH](=O)Oc1ccc([N+](=O)[O-])cc1. The molecule has 8 nitrogen and oxygen atoms in total. The largest absolute Gasteiger partial charge is 0.464 e. The van der Waals surface area contributed by atoms with Crippen LogP contribution in [-0.2, 0) is 14.1 Å². The number of hydrogen-bond acceptors (Lipinski definition) is 6. The van der Waals surface area contributed by atoms with Crippen LogP contribution in [0.25, 0.3) is 0 Å². The Morgan fingerprint density at radius 1 is 1.30 bits per heavy atom. The first-order valence-electron chi connectivity index (χ1n) is 7.32. The molecule has 0 aliphatic rings. The molecule has 0 aliphatic heterocycles. The highest BCUT2D eigenvalue weighted by Crippen LogP contribution is 2.25. The zero-order valence-electron chi connectivity index (χ0n) is 13.1. The maximum atomic E-state index is 11.7. The Hall–Kier alpha value is -1.92. The summed E-state index contributed by atoms with van der Waals surface area (Å²) in [6.45, 7) is 4.18. The predicted molar refractivity (Wildman–Crippen MR) is 85.8 cm³/mol. The van der Waals surface area contributed by atoms with Gasteiger partial charge in [-0.15, -0.1) is 0 Å². The lowest BCUT2D eigenvalue weighted by atomic mass is 10.1. The molecule has 1 aromatic carbocycles. The third-order valence-electron chi connectivity index (χ3n) is 3.27. The Morgan fingerprint density at radius 3 is 2.43 bits per heavy atom. The van der Waals surface area contributed by atoms with E-state index in [4.69, 9.17) is 9.26 Å². The standard InChI is InChI=1S/C14H21N2O6P/c1-3-11(4-2)10-21-14(17)9-15-23(20)22-13-7-5-12(6-8-13)16(18)19/h5-8,11,23H,3-4,9-10H2,1-2H3,(H,15,20). The molecule has 1 aromatic rings. The molecule has 23 heavy (non-hydrogen) atoms. The third-order valence-corrected chi connectivity index (χ3v) is 4.16. The van der Waals surface area contributed by atoms with Gasteiger partial charge in [0.15, 0.2) is 0 Å². The first kappa shape index (κ1) is 19.1. The summed E-state index contributed by atoms with van der Waals surface area (Å²) >= 11 is 0. The van der Waals surface area contributed by atoms with Gasteiger partial charge in [0.1, 0.15) is 12.3 Å². The minimum absolute atomic E-state index is 0.0880. The zero-order valence-corrected chi connectivity index (χ0v) is 14.1. The van der Waals surface area contributed by atoms with Gasteiger partial charge in [-0.25, -0.2) is 5.09 Å². The number of nitro groups is 1. The molecule has 1 N–H and O–H groups in total. The second-order valence-electron chi connectivity index (χ2n) is 4.86. The fourth-order valence-electron chi connectivity index (χ4n) is 1.71.